The molecule has 6 heteroatoms. The lowest BCUT2D eigenvalue weighted by atomic mass is 10.0. The highest BCUT2D eigenvalue weighted by atomic mass is 16.4. The summed E-state index contributed by atoms with van der Waals surface area (Å²) in [4.78, 5) is 28.5. The number of nitrogens with zero attached hydrogens (tertiary/aromatic N) is 1. The second-order valence-corrected chi connectivity index (χ2v) is 6.05. The van der Waals surface area contributed by atoms with Crippen molar-refractivity contribution < 1.29 is 14.0 Å². The molecule has 6 nitrogen and oxygen atoms in total. The molecule has 0 radical (unpaired) electrons. The zero-order valence-corrected chi connectivity index (χ0v) is 14.5. The van der Waals surface area contributed by atoms with E-state index < -0.39 is 5.91 Å². The Morgan fingerprint density at radius 2 is 1.62 bits per heavy atom. The molecule has 26 heavy (non-hydrogen) atoms. The van der Waals surface area contributed by atoms with Crippen molar-refractivity contribution in [2.45, 2.75) is 19.8 Å². The largest absolute Gasteiger partial charge is 0.431 e. The van der Waals surface area contributed by atoms with Gasteiger partial charge in [-0.1, -0.05) is 50.2 Å². The first-order valence-corrected chi connectivity index (χ1v) is 8.27. The summed E-state index contributed by atoms with van der Waals surface area (Å²) in [5, 5.41) is 5.36. The third-order valence-electron chi connectivity index (χ3n) is 3.82. The summed E-state index contributed by atoms with van der Waals surface area (Å²) in [6.45, 7) is 4.11. The van der Waals surface area contributed by atoms with Crippen LogP contribution in [-0.4, -0.2) is 16.8 Å². The van der Waals surface area contributed by atoms with Gasteiger partial charge in [0.1, 0.15) is 6.26 Å². The highest BCUT2D eigenvalue weighted by Crippen LogP contribution is 2.24. The average molecular weight is 349 g/mol. The molecule has 0 aliphatic rings. The van der Waals surface area contributed by atoms with E-state index in [2.05, 4.69) is 29.5 Å². The van der Waals surface area contributed by atoms with Crippen molar-refractivity contribution >= 4 is 23.5 Å². The Morgan fingerprint density at radius 3 is 2.35 bits per heavy atom. The molecule has 1 aromatic heterocycles. The number of aromatic nitrogens is 1. The van der Waals surface area contributed by atoms with Gasteiger partial charge in [0.05, 0.1) is 0 Å². The topological polar surface area (TPSA) is 84.2 Å². The molecule has 0 aliphatic carbocycles. The van der Waals surface area contributed by atoms with Crippen molar-refractivity contribution in [3.8, 4) is 0 Å². The van der Waals surface area contributed by atoms with E-state index in [1.54, 1.807) is 24.3 Å². The van der Waals surface area contributed by atoms with Crippen LogP contribution < -0.4 is 10.6 Å². The van der Waals surface area contributed by atoms with E-state index in [0.717, 1.165) is 11.3 Å². The highest BCUT2D eigenvalue weighted by molar-refractivity contribution is 6.05. The van der Waals surface area contributed by atoms with E-state index in [0.29, 0.717) is 5.56 Å². The van der Waals surface area contributed by atoms with Crippen molar-refractivity contribution in [1.82, 2.24) is 4.98 Å². The van der Waals surface area contributed by atoms with E-state index in [1.165, 1.54) is 6.26 Å². The van der Waals surface area contributed by atoms with Gasteiger partial charge in [-0.25, -0.2) is 0 Å². The minimum Gasteiger partial charge on any atom is -0.431 e. The van der Waals surface area contributed by atoms with Gasteiger partial charge in [-0.3, -0.25) is 14.9 Å². The van der Waals surface area contributed by atoms with Crippen LogP contribution in [-0.2, 0) is 0 Å². The Kier molecular flexibility index (Phi) is 5.12. The van der Waals surface area contributed by atoms with Crippen LogP contribution in [0.4, 0.5) is 11.7 Å². The number of nitrogens with one attached hydrogen (secondary N) is 2. The van der Waals surface area contributed by atoms with E-state index in [-0.39, 0.29) is 23.5 Å². The van der Waals surface area contributed by atoms with Crippen LogP contribution in [0, 0.1) is 0 Å². The molecular weight excluding hydrogens is 330 g/mol. The predicted molar refractivity (Wildman–Crippen MR) is 99.4 cm³/mol. The predicted octanol–water partition coefficient (Wildman–Crippen LogP) is 4.30. The van der Waals surface area contributed by atoms with E-state index >= 15 is 0 Å². The number of para-hydroxylation sites is 1. The molecule has 0 fully saturated rings. The van der Waals surface area contributed by atoms with Crippen molar-refractivity contribution in [2.75, 3.05) is 10.6 Å². The molecule has 132 valence electrons. The molecule has 0 atom stereocenters. The molecule has 0 spiro atoms. The lowest BCUT2D eigenvalue weighted by Gasteiger charge is -2.12. The molecule has 2 N–H and O–H groups in total. The highest BCUT2D eigenvalue weighted by Gasteiger charge is 2.16. The summed E-state index contributed by atoms with van der Waals surface area (Å²) in [5.74, 6) is -0.490. The number of amides is 2. The number of rotatable bonds is 5. The maximum absolute atomic E-state index is 12.4. The third-order valence-corrected chi connectivity index (χ3v) is 3.82. The van der Waals surface area contributed by atoms with Crippen LogP contribution in [0.25, 0.3) is 0 Å². The average Bonchev–Trinajstić information content (AvgIpc) is 3.11. The molecule has 3 aromatic rings. The molecule has 0 saturated heterocycles. The molecule has 2 aromatic carbocycles. The second-order valence-electron chi connectivity index (χ2n) is 6.05. The van der Waals surface area contributed by atoms with Gasteiger partial charge < -0.3 is 9.73 Å². The SMILES string of the molecule is CC(C)c1ccccc1NC(=O)c1coc(NC(=O)c2ccccc2)n1. The summed E-state index contributed by atoms with van der Waals surface area (Å²) >= 11 is 0. The lowest BCUT2D eigenvalue weighted by molar-refractivity contribution is 0.101. The summed E-state index contributed by atoms with van der Waals surface area (Å²) in [7, 11) is 0. The van der Waals surface area contributed by atoms with Gasteiger partial charge in [0.25, 0.3) is 11.8 Å². The normalized spacial score (nSPS) is 10.6. The Bertz CT molecular complexity index is 917. The van der Waals surface area contributed by atoms with Crippen LogP contribution in [0.1, 0.15) is 46.2 Å². The summed E-state index contributed by atoms with van der Waals surface area (Å²) in [5.41, 5.74) is 2.32. The zero-order chi connectivity index (χ0) is 18.5. The van der Waals surface area contributed by atoms with Crippen LogP contribution in [0.3, 0.4) is 0 Å². The summed E-state index contributed by atoms with van der Waals surface area (Å²) < 4.78 is 5.19. The molecule has 0 bridgehead atoms. The van der Waals surface area contributed by atoms with Gasteiger partial charge in [-0.2, -0.15) is 4.98 Å². The van der Waals surface area contributed by atoms with Crippen LogP contribution in [0.5, 0.6) is 0 Å². The number of benzene rings is 2. The fourth-order valence-electron chi connectivity index (χ4n) is 2.49. The number of carbonyl (C=O) groups excluding carboxylic acids is 2. The van der Waals surface area contributed by atoms with Crippen LogP contribution >= 0.6 is 0 Å². The van der Waals surface area contributed by atoms with E-state index in [1.807, 2.05) is 30.3 Å². The standard InChI is InChI=1S/C20H19N3O3/c1-13(2)15-10-6-7-11-16(15)21-19(25)17-12-26-20(22-17)23-18(24)14-8-4-3-5-9-14/h3-13H,1-2H3,(H,21,25)(H,22,23,24). The zero-order valence-electron chi connectivity index (χ0n) is 14.5. The van der Waals surface area contributed by atoms with Crippen molar-refractivity contribution in [1.29, 1.82) is 0 Å². The first-order valence-electron chi connectivity index (χ1n) is 8.27. The lowest BCUT2D eigenvalue weighted by Crippen LogP contribution is -2.15. The van der Waals surface area contributed by atoms with Crippen LogP contribution in [0.15, 0.2) is 65.3 Å². The molecule has 0 saturated carbocycles. The van der Waals surface area contributed by atoms with Gasteiger partial charge in [0, 0.05) is 11.3 Å². The van der Waals surface area contributed by atoms with Crippen molar-refractivity contribution in [3.05, 3.63) is 77.7 Å². The Morgan fingerprint density at radius 1 is 0.923 bits per heavy atom. The number of carbonyl (C=O) groups is 2. The monoisotopic (exact) mass is 349 g/mol. The Labute approximate surface area is 151 Å². The van der Waals surface area contributed by atoms with Crippen molar-refractivity contribution in [3.63, 3.8) is 0 Å². The molecule has 0 aliphatic heterocycles. The fourth-order valence-corrected chi connectivity index (χ4v) is 2.49. The minimum absolute atomic E-state index is 0.0267. The minimum atomic E-state index is -0.401. The van der Waals surface area contributed by atoms with Gasteiger partial charge in [0.2, 0.25) is 0 Å². The third kappa shape index (κ3) is 3.97. The number of hydrogen-bond donors (Lipinski definition) is 2. The van der Waals surface area contributed by atoms with Gasteiger partial charge >= 0.3 is 6.01 Å². The first-order chi connectivity index (χ1) is 12.5. The quantitative estimate of drug-likeness (QED) is 0.719. The van der Waals surface area contributed by atoms with E-state index in [4.69, 9.17) is 4.42 Å². The summed E-state index contributed by atoms with van der Waals surface area (Å²) in [6.07, 6.45) is 1.22. The molecular formula is C20H19N3O3. The van der Waals surface area contributed by atoms with Gasteiger partial charge in [-0.05, 0) is 29.7 Å². The van der Waals surface area contributed by atoms with Gasteiger partial charge in [-0.15, -0.1) is 0 Å². The number of anilines is 2. The Hall–Kier alpha value is -3.41. The molecule has 0 unspecified atom stereocenters. The number of oxazole rings is 1. The van der Waals surface area contributed by atoms with Crippen molar-refractivity contribution in [2.24, 2.45) is 0 Å². The fraction of sp³-hybridized carbons (Fsp3) is 0.150. The van der Waals surface area contributed by atoms with Crippen LogP contribution in [0.2, 0.25) is 0 Å². The number of hydrogen-bond acceptors (Lipinski definition) is 4. The second kappa shape index (κ2) is 7.65. The Balaban J connectivity index is 1.70. The first kappa shape index (κ1) is 17.4. The van der Waals surface area contributed by atoms with Gasteiger partial charge in [0.15, 0.2) is 5.69 Å². The molecule has 2 amide bonds. The molecule has 1 heterocycles. The maximum Gasteiger partial charge on any atom is 0.302 e. The smallest absolute Gasteiger partial charge is 0.302 e. The van der Waals surface area contributed by atoms with E-state index in [9.17, 15) is 9.59 Å². The maximum atomic E-state index is 12.4. The molecule has 3 rings (SSSR count). The summed E-state index contributed by atoms with van der Waals surface area (Å²) in [6, 6.07) is 16.3.